The van der Waals surface area contributed by atoms with Crippen molar-refractivity contribution in [1.29, 1.82) is 0 Å². The number of carbonyl (C=O) groups is 1. The van der Waals surface area contributed by atoms with Gasteiger partial charge in [0.25, 0.3) is 0 Å². The minimum atomic E-state index is -1.06. The first-order valence-electron chi connectivity index (χ1n) is 3.52. The number of hydrogen-bond acceptors (Lipinski definition) is 3. The van der Waals surface area contributed by atoms with Crippen LogP contribution in [0.25, 0.3) is 6.08 Å². The fourth-order valence-corrected chi connectivity index (χ4v) is 0.812. The van der Waals surface area contributed by atoms with Crippen molar-refractivity contribution in [3.05, 3.63) is 29.8 Å². The van der Waals surface area contributed by atoms with Gasteiger partial charge < -0.3 is 15.3 Å². The summed E-state index contributed by atoms with van der Waals surface area (Å²) in [7, 11) is 0. The monoisotopic (exact) mass is 228 g/mol. The Labute approximate surface area is 95.4 Å². The average Bonchev–Trinajstić information content (AvgIpc) is 2.07. The normalized spacial score (nSPS) is 9.71. The third kappa shape index (κ3) is 3.64. The van der Waals surface area contributed by atoms with Gasteiger partial charge in [0, 0.05) is 27.8 Å². The molecule has 0 aliphatic heterocycles. The number of carboxylic acids is 1. The fraction of sp³-hybridized carbons (Fsp3) is 0. The van der Waals surface area contributed by atoms with Gasteiger partial charge >= 0.3 is 5.97 Å². The summed E-state index contributed by atoms with van der Waals surface area (Å²) in [5, 5.41) is 26.3. The molecule has 1 aromatic rings. The molecule has 3 N–H and O–H groups in total. The number of carboxylic acid groups (broad SMARTS) is 1. The Morgan fingerprint density at radius 3 is 2.36 bits per heavy atom. The molecule has 14 heavy (non-hydrogen) atoms. The van der Waals surface area contributed by atoms with Crippen LogP contribution in [-0.2, 0) is 26.5 Å². The molecule has 72 valence electrons. The zero-order chi connectivity index (χ0) is 9.84. The number of phenolic OH excluding ortho intramolecular Hbond substituents is 2. The van der Waals surface area contributed by atoms with Crippen molar-refractivity contribution in [1.82, 2.24) is 0 Å². The average molecular weight is 228 g/mol. The molecule has 0 heterocycles. The minimum absolute atomic E-state index is 0. The van der Waals surface area contributed by atoms with E-state index in [-0.39, 0.29) is 33.2 Å². The zero-order valence-electron chi connectivity index (χ0n) is 7.14. The number of hydrogen-bond donors (Lipinski definition) is 3. The van der Waals surface area contributed by atoms with Crippen LogP contribution in [0.3, 0.4) is 0 Å². The third-order valence-electron chi connectivity index (χ3n) is 1.42. The maximum absolute atomic E-state index is 10.1. The molecule has 0 amide bonds. The first-order chi connectivity index (χ1) is 6.09. The van der Waals surface area contributed by atoms with E-state index >= 15 is 0 Å². The molecule has 0 aliphatic rings. The largest absolute Gasteiger partial charge is 0.504 e. The maximum Gasteiger partial charge on any atom is 0.328 e. The van der Waals surface area contributed by atoms with Gasteiger partial charge in [0.05, 0.1) is 0 Å². The van der Waals surface area contributed by atoms with Crippen molar-refractivity contribution in [2.75, 3.05) is 0 Å². The molecule has 0 aliphatic carbocycles. The van der Waals surface area contributed by atoms with Crippen molar-refractivity contribution in [3.63, 3.8) is 0 Å². The molecular formula is C9H8O4Ti. The van der Waals surface area contributed by atoms with Gasteiger partial charge in [-0.3, -0.25) is 0 Å². The van der Waals surface area contributed by atoms with Crippen LogP contribution >= 0.6 is 0 Å². The zero-order valence-corrected chi connectivity index (χ0v) is 8.70. The van der Waals surface area contributed by atoms with E-state index in [0.717, 1.165) is 6.08 Å². The van der Waals surface area contributed by atoms with Crippen LogP contribution in [-0.4, -0.2) is 21.3 Å². The summed E-state index contributed by atoms with van der Waals surface area (Å²) >= 11 is 0. The fourth-order valence-electron chi connectivity index (χ4n) is 0.812. The Balaban J connectivity index is 0.00000169. The molecule has 1 aromatic carbocycles. The van der Waals surface area contributed by atoms with Crippen molar-refractivity contribution in [2.24, 2.45) is 0 Å². The Bertz CT molecular complexity index is 360. The van der Waals surface area contributed by atoms with E-state index in [9.17, 15) is 4.79 Å². The topological polar surface area (TPSA) is 77.8 Å². The number of benzene rings is 1. The molecular weight excluding hydrogens is 220 g/mol. The van der Waals surface area contributed by atoms with Crippen molar-refractivity contribution in [2.45, 2.75) is 0 Å². The molecule has 0 aromatic heterocycles. The first-order valence-corrected chi connectivity index (χ1v) is 3.52. The van der Waals surface area contributed by atoms with Gasteiger partial charge in [-0.1, -0.05) is 6.07 Å². The molecule has 5 heteroatoms. The molecule has 0 fully saturated rings. The van der Waals surface area contributed by atoms with Crippen molar-refractivity contribution >= 4 is 12.0 Å². The first kappa shape index (κ1) is 12.7. The molecule has 0 saturated heterocycles. The van der Waals surface area contributed by atoms with Crippen LogP contribution in [0.5, 0.6) is 11.5 Å². The van der Waals surface area contributed by atoms with Crippen molar-refractivity contribution < 1.29 is 41.8 Å². The van der Waals surface area contributed by atoms with Gasteiger partial charge in [0.1, 0.15) is 0 Å². The van der Waals surface area contributed by atoms with E-state index in [1.807, 2.05) is 0 Å². The van der Waals surface area contributed by atoms with E-state index in [2.05, 4.69) is 0 Å². The number of aromatic hydroxyl groups is 2. The van der Waals surface area contributed by atoms with E-state index < -0.39 is 5.97 Å². The number of aliphatic carboxylic acids is 1. The summed E-state index contributed by atoms with van der Waals surface area (Å²) in [4.78, 5) is 10.1. The Morgan fingerprint density at radius 1 is 1.21 bits per heavy atom. The summed E-state index contributed by atoms with van der Waals surface area (Å²) in [5.74, 6) is -1.56. The SMILES string of the molecule is O=C(O)/C=C/c1ccc(O)c(O)c1.[Ti]. The predicted molar refractivity (Wildman–Crippen MR) is 46.4 cm³/mol. The Hall–Kier alpha value is -1.26. The number of rotatable bonds is 2. The van der Waals surface area contributed by atoms with Crippen molar-refractivity contribution in [3.8, 4) is 11.5 Å². The summed E-state index contributed by atoms with van der Waals surface area (Å²) < 4.78 is 0. The molecule has 0 unspecified atom stereocenters. The van der Waals surface area contributed by atoms with E-state index in [4.69, 9.17) is 15.3 Å². The predicted octanol–water partition coefficient (Wildman–Crippen LogP) is 1.19. The van der Waals surface area contributed by atoms with Crippen LogP contribution in [0, 0.1) is 0 Å². The van der Waals surface area contributed by atoms with Gasteiger partial charge in [0.2, 0.25) is 0 Å². The number of phenols is 2. The minimum Gasteiger partial charge on any atom is -0.504 e. The van der Waals surface area contributed by atoms with Crippen LogP contribution in [0.1, 0.15) is 5.56 Å². The summed E-state index contributed by atoms with van der Waals surface area (Å²) in [6.45, 7) is 0. The van der Waals surface area contributed by atoms with Crippen LogP contribution in [0.15, 0.2) is 24.3 Å². The molecule has 0 radical (unpaired) electrons. The quantitative estimate of drug-likeness (QED) is 0.403. The van der Waals surface area contributed by atoms with Gasteiger partial charge in [-0.25, -0.2) is 4.79 Å². The standard InChI is InChI=1S/C9H8O4.Ti/c10-7-3-1-6(5-8(7)11)2-4-9(12)13;/h1-5,10-11H,(H,12,13);/b4-2+;. The van der Waals surface area contributed by atoms with Gasteiger partial charge in [-0.15, -0.1) is 0 Å². The second-order valence-electron chi connectivity index (χ2n) is 2.42. The molecule has 0 saturated carbocycles. The van der Waals surface area contributed by atoms with Crippen LogP contribution in [0.4, 0.5) is 0 Å². The van der Waals surface area contributed by atoms with E-state index in [0.29, 0.717) is 5.56 Å². The summed E-state index contributed by atoms with van der Waals surface area (Å²) in [6, 6.07) is 4.06. The molecule has 0 bridgehead atoms. The summed E-state index contributed by atoms with van der Waals surface area (Å²) in [6.07, 6.45) is 2.27. The second kappa shape index (κ2) is 5.47. The van der Waals surface area contributed by atoms with Crippen LogP contribution in [0.2, 0.25) is 0 Å². The second-order valence-corrected chi connectivity index (χ2v) is 2.42. The molecule has 0 atom stereocenters. The molecule has 4 nitrogen and oxygen atoms in total. The maximum atomic E-state index is 10.1. The third-order valence-corrected chi connectivity index (χ3v) is 1.42. The van der Waals surface area contributed by atoms with Gasteiger partial charge in [-0.05, 0) is 23.8 Å². The Kier molecular flexibility index (Phi) is 4.98. The smallest absolute Gasteiger partial charge is 0.328 e. The molecule has 1 rings (SSSR count). The van der Waals surface area contributed by atoms with E-state index in [1.165, 1.54) is 24.3 Å². The van der Waals surface area contributed by atoms with Crippen LogP contribution < -0.4 is 0 Å². The van der Waals surface area contributed by atoms with E-state index in [1.54, 1.807) is 0 Å². The van der Waals surface area contributed by atoms with Gasteiger partial charge in [0.15, 0.2) is 11.5 Å². The molecule has 0 spiro atoms. The van der Waals surface area contributed by atoms with Gasteiger partial charge in [-0.2, -0.15) is 0 Å². The summed E-state index contributed by atoms with van der Waals surface area (Å²) in [5.41, 5.74) is 0.512. The Morgan fingerprint density at radius 2 is 1.86 bits per heavy atom.